The van der Waals surface area contributed by atoms with Crippen molar-refractivity contribution in [3.8, 4) is 0 Å². The summed E-state index contributed by atoms with van der Waals surface area (Å²) in [6, 6.07) is 1.97. The van der Waals surface area contributed by atoms with Crippen LogP contribution in [0.2, 0.25) is 0 Å². The van der Waals surface area contributed by atoms with E-state index in [1.54, 1.807) is 6.20 Å². The summed E-state index contributed by atoms with van der Waals surface area (Å²) in [5.74, 6) is 0. The molecule has 0 aliphatic rings. The summed E-state index contributed by atoms with van der Waals surface area (Å²) >= 11 is 0. The maximum absolute atomic E-state index is 7.98. The Hall–Kier alpha value is -1.77. The van der Waals surface area contributed by atoms with Gasteiger partial charge in [-0.15, -0.1) is 0 Å². The van der Waals surface area contributed by atoms with E-state index in [1.807, 2.05) is 26.8 Å². The zero-order chi connectivity index (χ0) is 13.7. The topological polar surface area (TPSA) is 60.6 Å². The standard InChI is InChI=1S/C15H21N3/c1-5-6-14(17)13-9-18-15(7-11(13)4)12(8-16)10(2)3/h7-9,16-17H,5-6H2,1-4H3. The summed E-state index contributed by atoms with van der Waals surface area (Å²) in [5, 5.41) is 15.4. The van der Waals surface area contributed by atoms with Gasteiger partial charge in [0.25, 0.3) is 0 Å². The first-order valence-electron chi connectivity index (χ1n) is 6.24. The van der Waals surface area contributed by atoms with Crippen LogP contribution < -0.4 is 0 Å². The van der Waals surface area contributed by atoms with Crippen LogP contribution in [0.15, 0.2) is 17.8 Å². The summed E-state index contributed by atoms with van der Waals surface area (Å²) in [4.78, 5) is 4.39. The van der Waals surface area contributed by atoms with Crippen molar-refractivity contribution in [2.75, 3.05) is 0 Å². The van der Waals surface area contributed by atoms with Crippen LogP contribution in [0.3, 0.4) is 0 Å². The van der Waals surface area contributed by atoms with Gasteiger partial charge in [-0.3, -0.25) is 4.98 Å². The van der Waals surface area contributed by atoms with E-state index in [9.17, 15) is 0 Å². The number of hydrogen-bond donors (Lipinski definition) is 2. The number of hydrogen-bond acceptors (Lipinski definition) is 3. The second-order valence-corrected chi connectivity index (χ2v) is 4.67. The van der Waals surface area contributed by atoms with E-state index in [0.717, 1.165) is 40.8 Å². The lowest BCUT2D eigenvalue weighted by Crippen LogP contribution is -2.04. The lowest BCUT2D eigenvalue weighted by atomic mass is 10.00. The van der Waals surface area contributed by atoms with Crippen molar-refractivity contribution in [1.29, 1.82) is 10.8 Å². The summed E-state index contributed by atoms with van der Waals surface area (Å²) in [6.07, 6.45) is 4.85. The van der Waals surface area contributed by atoms with Crippen molar-refractivity contribution in [2.45, 2.75) is 40.5 Å². The fourth-order valence-corrected chi connectivity index (χ4v) is 1.88. The molecular formula is C15H21N3. The molecule has 0 aromatic carbocycles. The van der Waals surface area contributed by atoms with E-state index in [0.29, 0.717) is 5.71 Å². The first-order chi connectivity index (χ1) is 8.51. The molecule has 1 heterocycles. The quantitative estimate of drug-likeness (QED) is 0.754. The minimum atomic E-state index is 0.641. The molecule has 0 unspecified atom stereocenters. The lowest BCUT2D eigenvalue weighted by Gasteiger charge is -2.10. The third-order valence-corrected chi connectivity index (χ3v) is 2.89. The molecule has 0 atom stereocenters. The van der Waals surface area contributed by atoms with Crippen LogP contribution in [0.1, 0.15) is 50.4 Å². The highest BCUT2D eigenvalue weighted by molar-refractivity contribution is 6.09. The number of rotatable bonds is 5. The van der Waals surface area contributed by atoms with E-state index in [1.165, 1.54) is 6.21 Å². The predicted octanol–water partition coefficient (Wildman–Crippen LogP) is 4.00. The fraction of sp³-hybridized carbons (Fsp3) is 0.400. The van der Waals surface area contributed by atoms with Crippen LogP contribution in [0.25, 0.3) is 5.57 Å². The molecular weight excluding hydrogens is 222 g/mol. The third-order valence-electron chi connectivity index (χ3n) is 2.89. The molecule has 1 rings (SSSR count). The van der Waals surface area contributed by atoms with E-state index in [4.69, 9.17) is 10.8 Å². The third kappa shape index (κ3) is 3.13. The SMILES string of the molecule is CCCC(=N)c1cnc(C(C=N)=C(C)C)cc1C. The Morgan fingerprint density at radius 2 is 2.06 bits per heavy atom. The molecule has 0 radical (unpaired) electrons. The number of aromatic nitrogens is 1. The highest BCUT2D eigenvalue weighted by Gasteiger charge is 2.08. The molecule has 0 fully saturated rings. The molecule has 2 N–H and O–H groups in total. The van der Waals surface area contributed by atoms with Crippen LogP contribution in [0.5, 0.6) is 0 Å². The molecule has 0 aliphatic carbocycles. The molecule has 0 saturated heterocycles. The molecule has 0 bridgehead atoms. The van der Waals surface area contributed by atoms with Gasteiger partial charge in [-0.2, -0.15) is 0 Å². The van der Waals surface area contributed by atoms with Crippen LogP contribution in [-0.4, -0.2) is 16.9 Å². The molecule has 1 aromatic rings. The average molecular weight is 243 g/mol. The van der Waals surface area contributed by atoms with E-state index in [2.05, 4.69) is 11.9 Å². The van der Waals surface area contributed by atoms with Gasteiger partial charge in [0.1, 0.15) is 0 Å². The first kappa shape index (κ1) is 14.3. The van der Waals surface area contributed by atoms with Gasteiger partial charge in [0, 0.05) is 29.3 Å². The Morgan fingerprint density at radius 3 is 2.50 bits per heavy atom. The normalized spacial score (nSPS) is 10.0. The zero-order valence-corrected chi connectivity index (χ0v) is 11.6. The van der Waals surface area contributed by atoms with Crippen molar-refractivity contribution >= 4 is 17.5 Å². The van der Waals surface area contributed by atoms with Crippen LogP contribution in [-0.2, 0) is 0 Å². The number of nitrogens with one attached hydrogen (secondary N) is 2. The van der Waals surface area contributed by atoms with Gasteiger partial charge >= 0.3 is 0 Å². The minimum absolute atomic E-state index is 0.641. The molecule has 0 amide bonds. The Bertz CT molecular complexity index is 494. The van der Waals surface area contributed by atoms with Gasteiger partial charge in [0.15, 0.2) is 0 Å². The molecule has 18 heavy (non-hydrogen) atoms. The summed E-state index contributed by atoms with van der Waals surface area (Å²) in [5.41, 5.74) is 5.36. The van der Waals surface area contributed by atoms with Gasteiger partial charge in [-0.1, -0.05) is 18.9 Å². The highest BCUT2D eigenvalue weighted by Crippen LogP contribution is 2.18. The van der Waals surface area contributed by atoms with E-state index in [-0.39, 0.29) is 0 Å². The van der Waals surface area contributed by atoms with Crippen molar-refractivity contribution < 1.29 is 0 Å². The molecule has 3 nitrogen and oxygen atoms in total. The first-order valence-corrected chi connectivity index (χ1v) is 6.24. The number of nitrogens with zero attached hydrogens (tertiary/aromatic N) is 1. The number of aryl methyl sites for hydroxylation is 1. The summed E-state index contributed by atoms with van der Waals surface area (Å²) in [7, 11) is 0. The van der Waals surface area contributed by atoms with Crippen molar-refractivity contribution in [2.24, 2.45) is 0 Å². The minimum Gasteiger partial charge on any atom is -0.308 e. The van der Waals surface area contributed by atoms with Gasteiger partial charge in [-0.05, 0) is 38.8 Å². The van der Waals surface area contributed by atoms with E-state index >= 15 is 0 Å². The van der Waals surface area contributed by atoms with Gasteiger partial charge in [0.05, 0.1) is 5.69 Å². The van der Waals surface area contributed by atoms with Crippen molar-refractivity contribution in [3.05, 3.63) is 34.7 Å². The van der Waals surface area contributed by atoms with Gasteiger partial charge < -0.3 is 10.8 Å². The second-order valence-electron chi connectivity index (χ2n) is 4.67. The van der Waals surface area contributed by atoms with Crippen molar-refractivity contribution in [3.63, 3.8) is 0 Å². The number of allylic oxidation sites excluding steroid dienone is 2. The monoisotopic (exact) mass is 243 g/mol. The van der Waals surface area contributed by atoms with E-state index < -0.39 is 0 Å². The van der Waals surface area contributed by atoms with Crippen LogP contribution >= 0.6 is 0 Å². The predicted molar refractivity (Wildman–Crippen MR) is 77.8 cm³/mol. The molecule has 0 saturated carbocycles. The lowest BCUT2D eigenvalue weighted by molar-refractivity contribution is 0.983. The molecule has 1 aromatic heterocycles. The van der Waals surface area contributed by atoms with Crippen LogP contribution in [0, 0.1) is 17.7 Å². The maximum Gasteiger partial charge on any atom is 0.0719 e. The fourth-order valence-electron chi connectivity index (χ4n) is 1.88. The molecule has 3 heteroatoms. The molecule has 0 spiro atoms. The average Bonchev–Trinajstić information content (AvgIpc) is 2.29. The Balaban J connectivity index is 3.18. The summed E-state index contributed by atoms with van der Waals surface area (Å²) in [6.45, 7) is 8.02. The maximum atomic E-state index is 7.98. The second kappa shape index (κ2) is 6.24. The molecule has 0 aliphatic heterocycles. The Kier molecular flexibility index (Phi) is 4.95. The Morgan fingerprint density at radius 1 is 1.39 bits per heavy atom. The zero-order valence-electron chi connectivity index (χ0n) is 11.6. The van der Waals surface area contributed by atoms with Gasteiger partial charge in [0.2, 0.25) is 0 Å². The molecule has 96 valence electrons. The number of pyridine rings is 1. The van der Waals surface area contributed by atoms with Gasteiger partial charge in [-0.25, -0.2) is 0 Å². The summed E-state index contributed by atoms with van der Waals surface area (Å²) < 4.78 is 0. The Labute approximate surface area is 109 Å². The van der Waals surface area contributed by atoms with Crippen LogP contribution in [0.4, 0.5) is 0 Å². The largest absolute Gasteiger partial charge is 0.308 e. The highest BCUT2D eigenvalue weighted by atomic mass is 14.7. The smallest absolute Gasteiger partial charge is 0.0719 e. The van der Waals surface area contributed by atoms with Crippen molar-refractivity contribution in [1.82, 2.24) is 4.98 Å².